The molecule has 2 heterocycles. The summed E-state index contributed by atoms with van der Waals surface area (Å²) in [7, 11) is 0. The van der Waals surface area contributed by atoms with Crippen LogP contribution in [0.4, 0.5) is 0 Å². The minimum absolute atomic E-state index is 0.223. The quantitative estimate of drug-likeness (QED) is 0.781. The van der Waals surface area contributed by atoms with Gasteiger partial charge in [0.1, 0.15) is 11.4 Å². The Kier molecular flexibility index (Phi) is 3.21. The Hall–Kier alpha value is -2.16. The second-order valence-corrected chi connectivity index (χ2v) is 6.40. The first-order valence-electron chi connectivity index (χ1n) is 8.03. The topological polar surface area (TPSA) is 39.2 Å². The first kappa shape index (κ1) is 13.5. The molecule has 0 unspecified atom stereocenters. The second-order valence-electron chi connectivity index (χ2n) is 6.40. The van der Waals surface area contributed by atoms with Crippen molar-refractivity contribution in [2.45, 2.75) is 44.1 Å². The summed E-state index contributed by atoms with van der Waals surface area (Å²) in [5.74, 6) is 0.973. The summed E-state index contributed by atoms with van der Waals surface area (Å²) in [6.07, 6.45) is 9.69. The van der Waals surface area contributed by atoms with Crippen LogP contribution in [0.3, 0.4) is 0 Å². The highest BCUT2D eigenvalue weighted by Crippen LogP contribution is 2.42. The summed E-state index contributed by atoms with van der Waals surface area (Å²) in [6.45, 7) is 0. The maximum atomic E-state index is 12.5. The van der Waals surface area contributed by atoms with Gasteiger partial charge in [0.2, 0.25) is 0 Å². The number of hydrogen-bond acceptors (Lipinski definition) is 3. The molecule has 112 valence electrons. The highest BCUT2D eigenvalue weighted by atomic mass is 16.5. The molecule has 2 aliphatic rings. The van der Waals surface area contributed by atoms with Crippen molar-refractivity contribution >= 4 is 5.78 Å². The van der Waals surface area contributed by atoms with Gasteiger partial charge in [0, 0.05) is 18.0 Å². The maximum Gasteiger partial charge on any atom is 0.170 e. The molecule has 1 aliphatic heterocycles. The van der Waals surface area contributed by atoms with E-state index in [0.717, 1.165) is 48.1 Å². The molecule has 0 radical (unpaired) electrons. The van der Waals surface area contributed by atoms with Crippen LogP contribution in [0.5, 0.6) is 5.75 Å². The molecule has 1 aromatic carbocycles. The summed E-state index contributed by atoms with van der Waals surface area (Å²) in [6, 6.07) is 9.82. The molecule has 0 atom stereocenters. The van der Waals surface area contributed by atoms with Crippen molar-refractivity contribution in [3.05, 3.63) is 48.3 Å². The van der Waals surface area contributed by atoms with Crippen LogP contribution in [0, 0.1) is 0 Å². The van der Waals surface area contributed by atoms with E-state index in [-0.39, 0.29) is 11.4 Å². The molecule has 0 N–H and O–H groups in total. The summed E-state index contributed by atoms with van der Waals surface area (Å²) < 4.78 is 6.35. The van der Waals surface area contributed by atoms with Crippen LogP contribution in [-0.4, -0.2) is 16.4 Å². The van der Waals surface area contributed by atoms with Crippen LogP contribution >= 0.6 is 0 Å². The van der Waals surface area contributed by atoms with Crippen molar-refractivity contribution in [3.63, 3.8) is 0 Å². The minimum Gasteiger partial charge on any atom is -0.486 e. The van der Waals surface area contributed by atoms with Gasteiger partial charge in [0.25, 0.3) is 0 Å². The van der Waals surface area contributed by atoms with Crippen LogP contribution < -0.4 is 4.74 Å². The Labute approximate surface area is 130 Å². The fraction of sp³-hybridized carbons (Fsp3) is 0.368. The molecule has 1 spiro atoms. The Morgan fingerprint density at radius 3 is 2.68 bits per heavy atom. The molecule has 1 aliphatic carbocycles. The number of carbonyl (C=O) groups excluding carboxylic acids is 1. The monoisotopic (exact) mass is 293 g/mol. The first-order chi connectivity index (χ1) is 10.8. The molecular weight excluding hydrogens is 274 g/mol. The number of aromatic nitrogens is 1. The SMILES string of the molecule is O=C1CC2(CCCCC2)Oc2cc(-c3cccnc3)ccc21. The zero-order chi connectivity index (χ0) is 15.0. The van der Waals surface area contributed by atoms with Gasteiger partial charge in [-0.3, -0.25) is 9.78 Å². The van der Waals surface area contributed by atoms with Crippen LogP contribution in [0.2, 0.25) is 0 Å². The van der Waals surface area contributed by atoms with E-state index < -0.39 is 0 Å². The predicted octanol–water partition coefficient (Wildman–Crippen LogP) is 4.42. The largest absolute Gasteiger partial charge is 0.486 e. The summed E-state index contributed by atoms with van der Waals surface area (Å²) in [5.41, 5.74) is 2.57. The van der Waals surface area contributed by atoms with Crippen molar-refractivity contribution in [3.8, 4) is 16.9 Å². The zero-order valence-corrected chi connectivity index (χ0v) is 12.5. The fourth-order valence-electron chi connectivity index (χ4n) is 3.68. The smallest absolute Gasteiger partial charge is 0.170 e. The Balaban J connectivity index is 1.73. The lowest BCUT2D eigenvalue weighted by atomic mass is 9.78. The van der Waals surface area contributed by atoms with Crippen LogP contribution in [0.1, 0.15) is 48.9 Å². The van der Waals surface area contributed by atoms with Gasteiger partial charge >= 0.3 is 0 Å². The molecule has 1 aromatic heterocycles. The van der Waals surface area contributed by atoms with Crippen LogP contribution in [-0.2, 0) is 0 Å². The third-order valence-corrected chi connectivity index (χ3v) is 4.85. The van der Waals surface area contributed by atoms with Crippen molar-refractivity contribution in [1.29, 1.82) is 0 Å². The average molecular weight is 293 g/mol. The molecule has 0 amide bonds. The minimum atomic E-state index is -0.254. The van der Waals surface area contributed by atoms with Crippen molar-refractivity contribution < 1.29 is 9.53 Å². The lowest BCUT2D eigenvalue weighted by Crippen LogP contribution is -2.43. The molecule has 2 aromatic rings. The highest BCUT2D eigenvalue weighted by molar-refractivity contribution is 6.01. The van der Waals surface area contributed by atoms with E-state index in [9.17, 15) is 4.79 Å². The number of ketones is 1. The van der Waals surface area contributed by atoms with E-state index in [1.807, 2.05) is 36.5 Å². The van der Waals surface area contributed by atoms with Crippen LogP contribution in [0.25, 0.3) is 11.1 Å². The number of carbonyl (C=O) groups is 1. The number of benzene rings is 1. The molecule has 4 rings (SSSR count). The number of nitrogens with zero attached hydrogens (tertiary/aromatic N) is 1. The Morgan fingerprint density at radius 1 is 1.05 bits per heavy atom. The second kappa shape index (κ2) is 5.24. The maximum absolute atomic E-state index is 12.5. The summed E-state index contributed by atoms with van der Waals surface area (Å²) >= 11 is 0. The third kappa shape index (κ3) is 2.31. The fourth-order valence-corrected chi connectivity index (χ4v) is 3.68. The van der Waals surface area contributed by atoms with E-state index in [4.69, 9.17) is 4.74 Å². The average Bonchev–Trinajstić information content (AvgIpc) is 2.56. The highest BCUT2D eigenvalue weighted by Gasteiger charge is 2.41. The van der Waals surface area contributed by atoms with Crippen molar-refractivity contribution in [2.24, 2.45) is 0 Å². The summed E-state index contributed by atoms with van der Waals surface area (Å²) in [4.78, 5) is 16.7. The number of ether oxygens (including phenoxy) is 1. The molecule has 1 saturated carbocycles. The third-order valence-electron chi connectivity index (χ3n) is 4.85. The molecule has 3 heteroatoms. The van der Waals surface area contributed by atoms with Crippen molar-refractivity contribution in [1.82, 2.24) is 4.98 Å². The lowest BCUT2D eigenvalue weighted by Gasteiger charge is -2.40. The normalized spacial score (nSPS) is 19.5. The van der Waals surface area contributed by atoms with Crippen molar-refractivity contribution in [2.75, 3.05) is 0 Å². The van der Waals surface area contributed by atoms with E-state index in [0.29, 0.717) is 6.42 Å². The Morgan fingerprint density at radius 2 is 1.91 bits per heavy atom. The molecular formula is C19H19NO2. The van der Waals surface area contributed by atoms with Gasteiger partial charge < -0.3 is 4.74 Å². The Bertz CT molecular complexity index is 703. The first-order valence-corrected chi connectivity index (χ1v) is 8.03. The van der Waals surface area contributed by atoms with Gasteiger partial charge in [-0.25, -0.2) is 0 Å². The molecule has 0 bridgehead atoms. The number of pyridine rings is 1. The zero-order valence-electron chi connectivity index (χ0n) is 12.5. The number of hydrogen-bond donors (Lipinski definition) is 0. The molecule has 22 heavy (non-hydrogen) atoms. The molecule has 1 fully saturated rings. The van der Waals surface area contributed by atoms with E-state index in [1.165, 1.54) is 6.42 Å². The van der Waals surface area contributed by atoms with Gasteiger partial charge in [0.15, 0.2) is 5.78 Å². The van der Waals surface area contributed by atoms with Gasteiger partial charge in [0.05, 0.1) is 12.0 Å². The van der Waals surface area contributed by atoms with E-state index in [2.05, 4.69) is 4.98 Å². The van der Waals surface area contributed by atoms with E-state index in [1.54, 1.807) is 6.20 Å². The van der Waals surface area contributed by atoms with Gasteiger partial charge in [-0.2, -0.15) is 0 Å². The predicted molar refractivity (Wildman–Crippen MR) is 85.1 cm³/mol. The van der Waals surface area contributed by atoms with E-state index >= 15 is 0 Å². The lowest BCUT2D eigenvalue weighted by molar-refractivity contribution is 0.0137. The van der Waals surface area contributed by atoms with Gasteiger partial charge in [-0.1, -0.05) is 18.6 Å². The molecule has 0 saturated heterocycles. The molecule has 3 nitrogen and oxygen atoms in total. The number of fused-ring (bicyclic) bond motifs is 1. The number of Topliss-reactive ketones (excluding diaryl/α,β-unsaturated/α-hetero) is 1. The number of rotatable bonds is 1. The van der Waals surface area contributed by atoms with Crippen LogP contribution in [0.15, 0.2) is 42.7 Å². The van der Waals surface area contributed by atoms with Gasteiger partial charge in [-0.15, -0.1) is 0 Å². The summed E-state index contributed by atoms with van der Waals surface area (Å²) in [5, 5.41) is 0. The van der Waals surface area contributed by atoms with Gasteiger partial charge in [-0.05, 0) is 49.4 Å². The standard InChI is InChI=1S/C19H19NO2/c21-17-12-19(8-2-1-3-9-19)22-18-11-14(6-7-16(17)18)15-5-4-10-20-13-15/h4-7,10-11,13H,1-3,8-9,12H2.